The molecule has 2 aliphatic heterocycles. The van der Waals surface area contributed by atoms with Gasteiger partial charge in [-0.25, -0.2) is 0 Å². The number of fused-ring (bicyclic) bond motifs is 6. The minimum atomic E-state index is 0.176. The lowest BCUT2D eigenvalue weighted by molar-refractivity contribution is 1.09. The van der Waals surface area contributed by atoms with Gasteiger partial charge in [0.15, 0.2) is 0 Å². The van der Waals surface area contributed by atoms with E-state index in [1.807, 2.05) is 0 Å². The first-order valence-corrected chi connectivity index (χ1v) is 13.0. The van der Waals surface area contributed by atoms with Gasteiger partial charge in [-0.15, -0.1) is 0 Å². The number of hydrogen-bond donors (Lipinski definition) is 0. The molecule has 0 radical (unpaired) electrons. The maximum Gasteiger partial charge on any atom is 0.251 e. The maximum absolute atomic E-state index is 2.45. The minimum Gasteiger partial charge on any atom is -0.315 e. The summed E-state index contributed by atoms with van der Waals surface area (Å²) in [7, 11) is 0. The molecule has 2 nitrogen and oxygen atoms in total. The van der Waals surface area contributed by atoms with E-state index in [1.54, 1.807) is 0 Å². The SMILES string of the molecule is C/C=C1\C2=C(C)N(c3ccc4ccccc4c3)c3ccccc3B2c2ccccc2N1c1ccccc1. The average Bonchev–Trinajstić information content (AvgIpc) is 2.96. The second-order valence-corrected chi connectivity index (χ2v) is 9.76. The molecule has 0 unspecified atom stereocenters. The Bertz CT molecular complexity index is 1720. The van der Waals surface area contributed by atoms with Crippen LogP contribution < -0.4 is 20.7 Å². The molecular weight excluding hydrogens is 447 g/mol. The number of hydrogen-bond acceptors (Lipinski definition) is 2. The quantitative estimate of drug-likeness (QED) is 0.245. The predicted octanol–water partition coefficient (Wildman–Crippen LogP) is 7.47. The van der Waals surface area contributed by atoms with Crippen molar-refractivity contribution in [1.29, 1.82) is 0 Å². The van der Waals surface area contributed by atoms with Gasteiger partial charge < -0.3 is 9.80 Å². The molecule has 0 N–H and O–H groups in total. The highest BCUT2D eigenvalue weighted by Crippen LogP contribution is 2.44. The third kappa shape index (κ3) is 3.28. The summed E-state index contributed by atoms with van der Waals surface area (Å²) < 4.78 is 0. The molecule has 0 bridgehead atoms. The summed E-state index contributed by atoms with van der Waals surface area (Å²) in [5.41, 5.74) is 11.4. The van der Waals surface area contributed by atoms with Crippen molar-refractivity contribution in [2.75, 3.05) is 9.80 Å². The lowest BCUT2D eigenvalue weighted by Gasteiger charge is -2.45. The molecule has 0 fully saturated rings. The summed E-state index contributed by atoms with van der Waals surface area (Å²) in [6.07, 6.45) is 2.28. The summed E-state index contributed by atoms with van der Waals surface area (Å²) >= 11 is 0. The van der Waals surface area contributed by atoms with E-state index in [0.717, 1.165) is 0 Å². The lowest BCUT2D eigenvalue weighted by atomic mass is 9.32. The Hall–Kier alpha value is -4.50. The minimum absolute atomic E-state index is 0.176. The van der Waals surface area contributed by atoms with E-state index in [-0.39, 0.29) is 6.71 Å². The van der Waals surface area contributed by atoms with Gasteiger partial charge in [0, 0.05) is 34.1 Å². The second kappa shape index (κ2) is 8.57. The monoisotopic (exact) mass is 474 g/mol. The fraction of sp³-hybridized carbons (Fsp3) is 0.0588. The standard InChI is InChI=1S/C34H27BN2/c1-3-31-34-24(2)36(28-22-21-25-13-7-8-14-26(25)23-28)32-19-11-9-17-29(32)35(34)30-18-10-12-20-33(30)37(31)27-15-5-4-6-16-27/h3-23H,1-2H3/b31-3+. The van der Waals surface area contributed by atoms with Crippen LogP contribution in [0.1, 0.15) is 13.8 Å². The third-order valence-corrected chi connectivity index (χ3v) is 7.79. The van der Waals surface area contributed by atoms with Crippen molar-refractivity contribution in [3.8, 4) is 0 Å². The molecule has 0 aliphatic carbocycles. The molecule has 0 saturated heterocycles. The molecule has 2 heterocycles. The van der Waals surface area contributed by atoms with Gasteiger partial charge in [-0.1, -0.05) is 91.0 Å². The maximum atomic E-state index is 2.45. The summed E-state index contributed by atoms with van der Waals surface area (Å²) in [5.74, 6) is 0. The molecule has 0 aromatic heterocycles. The molecule has 2 aliphatic rings. The highest BCUT2D eigenvalue weighted by atomic mass is 15.2. The Morgan fingerprint density at radius 2 is 1.16 bits per heavy atom. The van der Waals surface area contributed by atoms with Crippen LogP contribution in [0, 0.1) is 0 Å². The molecule has 5 aromatic rings. The highest BCUT2D eigenvalue weighted by Gasteiger charge is 2.43. The van der Waals surface area contributed by atoms with Crippen LogP contribution in [0.4, 0.5) is 22.7 Å². The van der Waals surface area contributed by atoms with E-state index in [4.69, 9.17) is 0 Å². The molecule has 3 heteroatoms. The second-order valence-electron chi connectivity index (χ2n) is 9.76. The first kappa shape index (κ1) is 21.8. The van der Waals surface area contributed by atoms with Crippen LogP contribution in [-0.4, -0.2) is 6.71 Å². The van der Waals surface area contributed by atoms with Gasteiger partial charge in [0.2, 0.25) is 0 Å². The van der Waals surface area contributed by atoms with E-state index in [0.29, 0.717) is 0 Å². The van der Waals surface area contributed by atoms with Crippen molar-refractivity contribution in [2.45, 2.75) is 13.8 Å². The van der Waals surface area contributed by atoms with Crippen LogP contribution in [0.15, 0.2) is 144 Å². The zero-order chi connectivity index (χ0) is 24.9. The molecule has 176 valence electrons. The number of anilines is 4. The zero-order valence-electron chi connectivity index (χ0n) is 21.1. The Kier molecular flexibility index (Phi) is 5.04. The summed E-state index contributed by atoms with van der Waals surface area (Å²) in [6, 6.07) is 43.9. The van der Waals surface area contributed by atoms with Crippen molar-refractivity contribution < 1.29 is 0 Å². The van der Waals surface area contributed by atoms with Crippen molar-refractivity contribution >= 4 is 51.2 Å². The number of para-hydroxylation sites is 3. The largest absolute Gasteiger partial charge is 0.315 e. The number of benzene rings is 5. The lowest BCUT2D eigenvalue weighted by Crippen LogP contribution is -2.56. The Labute approximate surface area is 218 Å². The fourth-order valence-corrected chi connectivity index (χ4v) is 6.23. The normalized spacial score (nSPS) is 15.6. The van der Waals surface area contributed by atoms with E-state index >= 15 is 0 Å². The van der Waals surface area contributed by atoms with Gasteiger partial charge in [-0.2, -0.15) is 0 Å². The topological polar surface area (TPSA) is 6.48 Å². The first-order valence-electron chi connectivity index (χ1n) is 13.0. The Balaban J connectivity index is 1.53. The van der Waals surface area contributed by atoms with E-state index in [2.05, 4.69) is 151 Å². The van der Waals surface area contributed by atoms with E-state index < -0.39 is 0 Å². The molecular formula is C34H27BN2. The molecule has 0 saturated carbocycles. The molecule has 5 aromatic carbocycles. The Morgan fingerprint density at radius 3 is 1.86 bits per heavy atom. The number of rotatable bonds is 2. The van der Waals surface area contributed by atoms with E-state index in [9.17, 15) is 0 Å². The average molecular weight is 474 g/mol. The summed E-state index contributed by atoms with van der Waals surface area (Å²) in [4.78, 5) is 4.88. The highest BCUT2D eigenvalue weighted by molar-refractivity contribution is 6.94. The predicted molar refractivity (Wildman–Crippen MR) is 159 cm³/mol. The molecule has 37 heavy (non-hydrogen) atoms. The van der Waals surface area contributed by atoms with Crippen LogP contribution in [-0.2, 0) is 0 Å². The number of allylic oxidation sites excluding steroid dienone is 3. The molecule has 0 atom stereocenters. The van der Waals surface area contributed by atoms with Crippen LogP contribution in [0.3, 0.4) is 0 Å². The van der Waals surface area contributed by atoms with Gasteiger partial charge >= 0.3 is 0 Å². The van der Waals surface area contributed by atoms with Gasteiger partial charge in [-0.05, 0) is 77.4 Å². The van der Waals surface area contributed by atoms with Gasteiger partial charge in [-0.3, -0.25) is 0 Å². The van der Waals surface area contributed by atoms with Crippen molar-refractivity contribution in [3.05, 3.63) is 144 Å². The summed E-state index contributed by atoms with van der Waals surface area (Å²) in [6.45, 7) is 4.63. The Morgan fingerprint density at radius 1 is 0.568 bits per heavy atom. The van der Waals surface area contributed by atoms with Crippen molar-refractivity contribution in [1.82, 2.24) is 0 Å². The smallest absolute Gasteiger partial charge is 0.251 e. The zero-order valence-corrected chi connectivity index (χ0v) is 21.1. The summed E-state index contributed by atoms with van der Waals surface area (Å²) in [5, 5.41) is 2.51. The van der Waals surface area contributed by atoms with Crippen molar-refractivity contribution in [2.24, 2.45) is 0 Å². The van der Waals surface area contributed by atoms with Crippen LogP contribution >= 0.6 is 0 Å². The molecule has 0 amide bonds. The first-order chi connectivity index (χ1) is 18.3. The number of nitrogens with zero attached hydrogens (tertiary/aromatic N) is 2. The van der Waals surface area contributed by atoms with Crippen LogP contribution in [0.2, 0.25) is 0 Å². The van der Waals surface area contributed by atoms with Crippen LogP contribution in [0.25, 0.3) is 10.8 Å². The molecule has 0 spiro atoms. The van der Waals surface area contributed by atoms with Gasteiger partial charge in [0.25, 0.3) is 6.71 Å². The third-order valence-electron chi connectivity index (χ3n) is 7.79. The van der Waals surface area contributed by atoms with Gasteiger partial charge in [0.05, 0.1) is 0 Å². The fourth-order valence-electron chi connectivity index (χ4n) is 6.23. The van der Waals surface area contributed by atoms with Gasteiger partial charge in [0.1, 0.15) is 0 Å². The van der Waals surface area contributed by atoms with Crippen LogP contribution in [0.5, 0.6) is 0 Å². The molecule has 7 rings (SSSR count). The van der Waals surface area contributed by atoms with E-state index in [1.165, 1.54) is 61.3 Å². The van der Waals surface area contributed by atoms with Crippen molar-refractivity contribution in [3.63, 3.8) is 0 Å².